The number of carbonyl (C=O) groups excluding carboxylic acids is 1. The van der Waals surface area contributed by atoms with Gasteiger partial charge in [0.1, 0.15) is 17.2 Å². The molecule has 0 radical (unpaired) electrons. The van der Waals surface area contributed by atoms with Gasteiger partial charge in [0.05, 0.1) is 6.26 Å². The summed E-state index contributed by atoms with van der Waals surface area (Å²) in [7, 11) is 3.13. The van der Waals surface area contributed by atoms with Crippen molar-refractivity contribution in [1.82, 2.24) is 24.8 Å². The molecule has 0 aliphatic heterocycles. The smallest absolute Gasteiger partial charge is 0.365 e. The van der Waals surface area contributed by atoms with Crippen LogP contribution in [0.4, 0.5) is 36.4 Å². The highest BCUT2D eigenvalue weighted by molar-refractivity contribution is 7.92. The number of aromatic nitrogens is 3. The van der Waals surface area contributed by atoms with Gasteiger partial charge < -0.3 is 20.4 Å². The minimum absolute atomic E-state index is 0.0653. The molecule has 0 unspecified atom stereocenters. The third kappa shape index (κ3) is 8.02. The van der Waals surface area contributed by atoms with Crippen LogP contribution in [0.15, 0.2) is 48.8 Å². The summed E-state index contributed by atoms with van der Waals surface area (Å²) in [5.74, 6) is -0.804. The van der Waals surface area contributed by atoms with Gasteiger partial charge in [-0.1, -0.05) is 12.1 Å². The Balaban J connectivity index is 1.85. The summed E-state index contributed by atoms with van der Waals surface area (Å²) in [6, 6.07) is 9.56. The van der Waals surface area contributed by atoms with E-state index in [2.05, 4.69) is 25.6 Å². The summed E-state index contributed by atoms with van der Waals surface area (Å²) >= 11 is 0. The molecular formula is C25H31F3N8O3S. The summed E-state index contributed by atoms with van der Waals surface area (Å²) in [4.78, 5) is 28.2. The lowest BCUT2D eigenvalue weighted by Crippen LogP contribution is -2.33. The minimum atomic E-state index is -4.76. The third-order valence-corrected chi connectivity index (χ3v) is 6.97. The highest BCUT2D eigenvalue weighted by atomic mass is 32.2. The van der Waals surface area contributed by atoms with Crippen LogP contribution in [0.5, 0.6) is 0 Å². The molecule has 11 nitrogen and oxygen atoms in total. The van der Waals surface area contributed by atoms with Gasteiger partial charge in [-0.15, -0.1) is 0 Å². The molecule has 0 saturated carbocycles. The van der Waals surface area contributed by atoms with Crippen molar-refractivity contribution in [1.29, 1.82) is 0 Å². The second-order valence-corrected chi connectivity index (χ2v) is 11.3. The topological polar surface area (TPSA) is 124 Å². The van der Waals surface area contributed by atoms with Crippen LogP contribution in [-0.4, -0.2) is 86.6 Å². The molecule has 0 saturated heterocycles. The number of carbonyl (C=O) groups is 1. The maximum atomic E-state index is 13.7. The van der Waals surface area contributed by atoms with Crippen LogP contribution in [0.3, 0.4) is 0 Å². The zero-order valence-electron chi connectivity index (χ0n) is 22.7. The van der Waals surface area contributed by atoms with Gasteiger partial charge in [0, 0.05) is 62.9 Å². The quantitative estimate of drug-likeness (QED) is 0.352. The standard InChI is InChI=1S/C25H31F3N8O3S/c1-34(2)12-13-35(3)23(37)17-8-6-10-19(14-17)32-24-31-16-20(25(26,27)28)21(33-24)30-15-18-9-7-11-29-22(18)36(4)40(5,38)39/h6-11,14,16H,12-13,15H2,1-5H3,(H2,30,31,32,33). The maximum Gasteiger partial charge on any atom is 0.421 e. The zero-order valence-corrected chi connectivity index (χ0v) is 23.5. The van der Waals surface area contributed by atoms with Crippen LogP contribution < -0.4 is 14.9 Å². The van der Waals surface area contributed by atoms with Gasteiger partial charge in [-0.3, -0.25) is 9.10 Å². The monoisotopic (exact) mass is 580 g/mol. The zero-order chi connectivity index (χ0) is 29.7. The van der Waals surface area contributed by atoms with Gasteiger partial charge in [0.15, 0.2) is 0 Å². The fraction of sp³-hybridized carbons (Fsp3) is 0.360. The van der Waals surface area contributed by atoms with E-state index in [9.17, 15) is 26.4 Å². The van der Waals surface area contributed by atoms with E-state index in [1.54, 1.807) is 48.3 Å². The molecule has 15 heteroatoms. The van der Waals surface area contributed by atoms with Crippen molar-refractivity contribution in [2.45, 2.75) is 12.7 Å². The number of likely N-dealkylation sites (N-methyl/N-ethyl adjacent to an activating group) is 2. The molecule has 0 fully saturated rings. The molecule has 0 bridgehead atoms. The molecule has 0 spiro atoms. The van der Waals surface area contributed by atoms with Crippen LogP contribution >= 0.6 is 0 Å². The van der Waals surface area contributed by atoms with Crippen molar-refractivity contribution in [2.24, 2.45) is 0 Å². The number of benzene rings is 1. The van der Waals surface area contributed by atoms with Gasteiger partial charge in [0.25, 0.3) is 5.91 Å². The number of hydrogen-bond acceptors (Lipinski definition) is 9. The number of amides is 1. The Bertz CT molecular complexity index is 1450. The van der Waals surface area contributed by atoms with Crippen molar-refractivity contribution in [3.63, 3.8) is 0 Å². The van der Waals surface area contributed by atoms with E-state index in [1.165, 1.54) is 13.2 Å². The molecule has 3 aromatic rings. The first-order chi connectivity index (χ1) is 18.7. The summed E-state index contributed by atoms with van der Waals surface area (Å²) in [6.45, 7) is 0.991. The number of nitrogens with one attached hydrogen (secondary N) is 2. The summed E-state index contributed by atoms with van der Waals surface area (Å²) in [6.07, 6.45) is -1.74. The average molecular weight is 581 g/mol. The fourth-order valence-corrected chi connectivity index (χ4v) is 3.98. The number of nitrogens with zero attached hydrogens (tertiary/aromatic N) is 6. The molecule has 0 aliphatic rings. The van der Waals surface area contributed by atoms with Crippen LogP contribution in [0.1, 0.15) is 21.5 Å². The molecule has 3 rings (SSSR count). The van der Waals surface area contributed by atoms with Crippen molar-refractivity contribution in [3.05, 3.63) is 65.5 Å². The fourth-order valence-electron chi connectivity index (χ4n) is 3.50. The van der Waals surface area contributed by atoms with Crippen molar-refractivity contribution in [2.75, 3.05) is 62.5 Å². The highest BCUT2D eigenvalue weighted by Gasteiger charge is 2.35. The number of sulfonamides is 1. The van der Waals surface area contributed by atoms with Crippen molar-refractivity contribution >= 4 is 39.2 Å². The molecule has 2 aromatic heterocycles. The Morgan fingerprint density at radius 3 is 2.40 bits per heavy atom. The van der Waals surface area contributed by atoms with E-state index in [-0.39, 0.29) is 24.2 Å². The second kappa shape index (κ2) is 12.5. The van der Waals surface area contributed by atoms with Crippen LogP contribution in [0.2, 0.25) is 0 Å². The van der Waals surface area contributed by atoms with E-state index < -0.39 is 27.6 Å². The van der Waals surface area contributed by atoms with Crippen LogP contribution in [0.25, 0.3) is 0 Å². The third-order valence-electron chi connectivity index (χ3n) is 5.80. The SMILES string of the molecule is CN(C)CCN(C)C(=O)c1cccc(Nc2ncc(C(F)(F)F)c(NCc3cccnc3N(C)S(C)(=O)=O)n2)c1. The Morgan fingerprint density at radius 2 is 1.75 bits per heavy atom. The van der Waals surface area contributed by atoms with Gasteiger partial charge in [0.2, 0.25) is 16.0 Å². The number of anilines is 4. The maximum absolute atomic E-state index is 13.7. The first-order valence-electron chi connectivity index (χ1n) is 12.0. The largest absolute Gasteiger partial charge is 0.421 e. The van der Waals surface area contributed by atoms with Crippen molar-refractivity contribution in [3.8, 4) is 0 Å². The Morgan fingerprint density at radius 1 is 1.02 bits per heavy atom. The van der Waals surface area contributed by atoms with Gasteiger partial charge in [-0.25, -0.2) is 18.4 Å². The lowest BCUT2D eigenvalue weighted by Gasteiger charge is -2.20. The average Bonchev–Trinajstić information content (AvgIpc) is 2.89. The van der Waals surface area contributed by atoms with Crippen LogP contribution in [-0.2, 0) is 22.7 Å². The number of alkyl halides is 3. The van der Waals surface area contributed by atoms with E-state index in [0.717, 1.165) is 10.6 Å². The van der Waals surface area contributed by atoms with Gasteiger partial charge in [-0.2, -0.15) is 18.2 Å². The molecular weight excluding hydrogens is 549 g/mol. The van der Waals surface area contributed by atoms with Crippen molar-refractivity contribution < 1.29 is 26.4 Å². The van der Waals surface area contributed by atoms with E-state index in [0.29, 0.717) is 36.1 Å². The molecule has 1 aromatic carbocycles. The minimum Gasteiger partial charge on any atom is -0.365 e. The number of rotatable bonds is 11. The molecule has 40 heavy (non-hydrogen) atoms. The molecule has 216 valence electrons. The predicted octanol–water partition coefficient (Wildman–Crippen LogP) is 3.28. The number of halogens is 3. The normalized spacial score (nSPS) is 11.8. The van der Waals surface area contributed by atoms with Gasteiger partial charge >= 0.3 is 6.18 Å². The summed E-state index contributed by atoms with van der Waals surface area (Å²) in [5.41, 5.74) is 0.0187. The Hall–Kier alpha value is -3.98. The molecule has 2 N–H and O–H groups in total. The lowest BCUT2D eigenvalue weighted by atomic mass is 10.1. The molecule has 2 heterocycles. The highest BCUT2D eigenvalue weighted by Crippen LogP contribution is 2.34. The molecule has 0 aliphatic carbocycles. The van der Waals surface area contributed by atoms with E-state index in [4.69, 9.17) is 0 Å². The van der Waals surface area contributed by atoms with E-state index in [1.807, 2.05) is 19.0 Å². The Labute approximate surface area is 231 Å². The second-order valence-electron chi connectivity index (χ2n) is 9.26. The predicted molar refractivity (Wildman–Crippen MR) is 147 cm³/mol. The molecule has 1 amide bonds. The van der Waals surface area contributed by atoms with E-state index >= 15 is 0 Å². The van der Waals surface area contributed by atoms with Crippen LogP contribution in [0, 0.1) is 0 Å². The summed E-state index contributed by atoms with van der Waals surface area (Å²) < 4.78 is 66.1. The number of hydrogen-bond donors (Lipinski definition) is 2. The number of pyridine rings is 1. The summed E-state index contributed by atoms with van der Waals surface area (Å²) in [5, 5.41) is 5.49. The Kier molecular flexibility index (Phi) is 9.52. The lowest BCUT2D eigenvalue weighted by molar-refractivity contribution is -0.137. The van der Waals surface area contributed by atoms with Gasteiger partial charge in [-0.05, 0) is 38.4 Å². The first-order valence-corrected chi connectivity index (χ1v) is 13.8. The molecule has 0 atom stereocenters. The first kappa shape index (κ1) is 30.6.